The fourth-order valence-electron chi connectivity index (χ4n) is 0.660. The van der Waals surface area contributed by atoms with Crippen molar-refractivity contribution >= 4 is 15.6 Å². The zero-order chi connectivity index (χ0) is 9.90. The predicted octanol–water partition coefficient (Wildman–Crippen LogP) is 0.668. The molecule has 1 amide bonds. The first kappa shape index (κ1) is 9.91. The average molecular weight is 201 g/mol. The van der Waals surface area contributed by atoms with E-state index >= 15 is 0 Å². The van der Waals surface area contributed by atoms with Gasteiger partial charge in [0.1, 0.15) is 0 Å². The van der Waals surface area contributed by atoms with Crippen molar-refractivity contribution in [2.45, 2.75) is 6.92 Å². The maximum Gasteiger partial charge on any atom is 0.288 e. The van der Waals surface area contributed by atoms with Gasteiger partial charge in [-0.15, -0.1) is 0 Å². The number of aromatic nitrogens is 2. The number of H-pyrrole nitrogens is 1. The molecule has 0 saturated carbocycles. The topological polar surface area (TPSA) is 75.2 Å². The molecule has 1 rings (SSSR count). The second kappa shape index (κ2) is 3.69. The zero-order valence-corrected chi connectivity index (χ0v) is 8.30. The lowest BCUT2D eigenvalue weighted by Gasteiger charge is -1.96. The first-order valence-electron chi connectivity index (χ1n) is 3.78. The van der Waals surface area contributed by atoms with E-state index in [1.165, 1.54) is 18.6 Å². The molecule has 0 aromatic carbocycles. The van der Waals surface area contributed by atoms with Crippen LogP contribution in [0.5, 0.6) is 0 Å². The molecule has 1 unspecified atom stereocenters. The van der Waals surface area contributed by atoms with Gasteiger partial charge >= 0.3 is 0 Å². The van der Waals surface area contributed by atoms with Crippen LogP contribution in [-0.4, -0.2) is 32.3 Å². The third kappa shape index (κ3) is 2.66. The second-order valence-electron chi connectivity index (χ2n) is 2.63. The highest BCUT2D eigenvalue weighted by molar-refractivity contribution is 7.93. The lowest BCUT2D eigenvalue weighted by molar-refractivity contribution is 0.100. The number of nitrogens with one attached hydrogen (secondary N) is 1. The molecule has 5 nitrogen and oxygen atoms in total. The average Bonchev–Trinajstić information content (AvgIpc) is 2.55. The van der Waals surface area contributed by atoms with Gasteiger partial charge in [0, 0.05) is 18.2 Å². The van der Waals surface area contributed by atoms with Crippen LogP contribution < -0.4 is 0 Å². The highest BCUT2D eigenvalue weighted by atomic mass is 32.2. The smallest absolute Gasteiger partial charge is 0.285 e. The number of hydrogen-bond acceptors (Lipinski definition) is 3. The molecule has 1 N–H and O–H groups in total. The van der Waals surface area contributed by atoms with Gasteiger partial charge in [-0.2, -0.15) is 9.46 Å². The number of carbonyl (C=O) groups excluding carboxylic acids is 1. The Morgan fingerprint density at radius 3 is 2.92 bits per heavy atom. The number of hydrogen-bond donors (Lipinski definition) is 1. The summed E-state index contributed by atoms with van der Waals surface area (Å²) in [6, 6.07) is 0. The molecule has 1 aromatic heterocycles. The van der Waals surface area contributed by atoms with E-state index in [4.69, 9.17) is 0 Å². The van der Waals surface area contributed by atoms with E-state index in [2.05, 4.69) is 14.6 Å². The van der Waals surface area contributed by atoms with E-state index in [0.717, 1.165) is 0 Å². The van der Waals surface area contributed by atoms with Crippen molar-refractivity contribution in [1.29, 1.82) is 0 Å². The zero-order valence-electron chi connectivity index (χ0n) is 7.48. The standard InChI is InChI=1S/C7H11N3O2S/c1-3-13(2,12)10-7(11)6-4-8-9-5-6/h4-5H,3H2,1-2H3,(H,8,9). The third-order valence-electron chi connectivity index (χ3n) is 1.56. The summed E-state index contributed by atoms with van der Waals surface area (Å²) in [6.07, 6.45) is 4.25. The first-order chi connectivity index (χ1) is 6.05. The third-order valence-corrected chi connectivity index (χ3v) is 3.18. The van der Waals surface area contributed by atoms with E-state index in [9.17, 15) is 9.00 Å². The van der Waals surface area contributed by atoms with E-state index in [-0.39, 0.29) is 0 Å². The van der Waals surface area contributed by atoms with Gasteiger partial charge in [0.05, 0.1) is 21.5 Å². The van der Waals surface area contributed by atoms with Crippen LogP contribution in [0.3, 0.4) is 0 Å². The molecule has 0 aliphatic rings. The van der Waals surface area contributed by atoms with E-state index in [0.29, 0.717) is 11.3 Å². The number of nitrogens with zero attached hydrogens (tertiary/aromatic N) is 2. The van der Waals surface area contributed by atoms with Crippen LogP contribution in [0.25, 0.3) is 0 Å². The molecule has 0 fully saturated rings. The lowest BCUT2D eigenvalue weighted by Crippen LogP contribution is -2.04. The van der Waals surface area contributed by atoms with Crippen molar-refractivity contribution in [1.82, 2.24) is 10.2 Å². The first-order valence-corrected chi connectivity index (χ1v) is 5.87. The molecule has 1 aromatic rings. The summed E-state index contributed by atoms with van der Waals surface area (Å²) in [4.78, 5) is 11.3. The van der Waals surface area contributed by atoms with Crippen molar-refractivity contribution in [2.24, 2.45) is 4.36 Å². The maximum absolute atomic E-state index is 11.4. The van der Waals surface area contributed by atoms with Crippen molar-refractivity contribution in [3.63, 3.8) is 0 Å². The molecule has 0 saturated heterocycles. The SMILES string of the molecule is CCS(C)(=O)=NC(=O)c1cn[nH]c1. The molecule has 0 bridgehead atoms. The molecule has 1 atom stereocenters. The van der Waals surface area contributed by atoms with E-state index in [1.807, 2.05) is 0 Å². The summed E-state index contributed by atoms with van der Waals surface area (Å²) in [7, 11) is -2.36. The monoisotopic (exact) mass is 201 g/mol. The highest BCUT2D eigenvalue weighted by Crippen LogP contribution is 2.00. The Bertz CT molecular complexity index is 401. The molecule has 13 heavy (non-hydrogen) atoms. The molecular formula is C7H11N3O2S. The molecule has 0 radical (unpaired) electrons. The number of rotatable bonds is 2. The second-order valence-corrected chi connectivity index (χ2v) is 5.31. The van der Waals surface area contributed by atoms with Gasteiger partial charge in [-0.25, -0.2) is 4.21 Å². The van der Waals surface area contributed by atoms with Gasteiger partial charge in [-0.3, -0.25) is 9.89 Å². The van der Waals surface area contributed by atoms with E-state index in [1.54, 1.807) is 6.92 Å². The minimum Gasteiger partial charge on any atom is -0.285 e. The Labute approximate surface area is 76.7 Å². The van der Waals surface area contributed by atoms with Crippen LogP contribution in [0, 0.1) is 0 Å². The summed E-state index contributed by atoms with van der Waals surface area (Å²) >= 11 is 0. The summed E-state index contributed by atoms with van der Waals surface area (Å²) in [6.45, 7) is 1.73. The quantitative estimate of drug-likeness (QED) is 0.764. The van der Waals surface area contributed by atoms with Crippen molar-refractivity contribution in [3.05, 3.63) is 18.0 Å². The number of carbonyl (C=O) groups is 1. The van der Waals surface area contributed by atoms with E-state index < -0.39 is 15.6 Å². The molecule has 72 valence electrons. The van der Waals surface area contributed by atoms with Crippen molar-refractivity contribution in [2.75, 3.05) is 12.0 Å². The molecule has 0 spiro atoms. The van der Waals surface area contributed by atoms with Gasteiger partial charge < -0.3 is 0 Å². The summed E-state index contributed by atoms with van der Waals surface area (Å²) in [5.74, 6) is -0.112. The fraction of sp³-hybridized carbons (Fsp3) is 0.429. The van der Waals surface area contributed by atoms with Gasteiger partial charge in [-0.05, 0) is 0 Å². The number of aromatic amines is 1. The Morgan fingerprint density at radius 2 is 2.46 bits per heavy atom. The van der Waals surface area contributed by atoms with Gasteiger partial charge in [0.2, 0.25) is 0 Å². The molecular weight excluding hydrogens is 190 g/mol. The predicted molar refractivity (Wildman–Crippen MR) is 50.0 cm³/mol. The molecule has 0 aliphatic heterocycles. The fourth-order valence-corrected chi connectivity index (χ4v) is 1.25. The maximum atomic E-state index is 11.4. The Hall–Kier alpha value is -1.17. The van der Waals surface area contributed by atoms with Crippen LogP contribution in [-0.2, 0) is 9.73 Å². The summed E-state index contributed by atoms with van der Waals surface area (Å²) in [5, 5.41) is 6.09. The molecule has 6 heteroatoms. The van der Waals surface area contributed by atoms with Crippen LogP contribution in [0.15, 0.2) is 16.8 Å². The van der Waals surface area contributed by atoms with Crippen molar-refractivity contribution < 1.29 is 9.00 Å². The minimum atomic E-state index is -2.36. The minimum absolute atomic E-state index is 0.336. The Morgan fingerprint density at radius 1 is 1.77 bits per heavy atom. The Kier molecular flexibility index (Phi) is 2.82. The summed E-state index contributed by atoms with van der Waals surface area (Å²) < 4.78 is 15.0. The normalized spacial score (nSPS) is 14.9. The van der Waals surface area contributed by atoms with Crippen LogP contribution in [0.4, 0.5) is 0 Å². The Balaban J connectivity index is 2.95. The molecule has 1 heterocycles. The van der Waals surface area contributed by atoms with Gasteiger partial charge in [0.25, 0.3) is 5.91 Å². The lowest BCUT2D eigenvalue weighted by atomic mass is 10.4. The van der Waals surface area contributed by atoms with Crippen molar-refractivity contribution in [3.8, 4) is 0 Å². The molecule has 0 aliphatic carbocycles. The number of amides is 1. The van der Waals surface area contributed by atoms with Crippen LogP contribution >= 0.6 is 0 Å². The van der Waals surface area contributed by atoms with Gasteiger partial charge in [-0.1, -0.05) is 6.92 Å². The highest BCUT2D eigenvalue weighted by Gasteiger charge is 2.07. The van der Waals surface area contributed by atoms with Crippen LogP contribution in [0.2, 0.25) is 0 Å². The summed E-state index contributed by atoms with van der Waals surface area (Å²) in [5.41, 5.74) is 0.336. The van der Waals surface area contributed by atoms with Crippen LogP contribution in [0.1, 0.15) is 17.3 Å². The largest absolute Gasteiger partial charge is 0.288 e. The van der Waals surface area contributed by atoms with Gasteiger partial charge in [0.15, 0.2) is 0 Å².